The summed E-state index contributed by atoms with van der Waals surface area (Å²) in [6, 6.07) is 2.17. The molecule has 9 heteroatoms. The first kappa shape index (κ1) is 14.2. The molecule has 1 rings (SSSR count). The lowest BCUT2D eigenvalue weighted by Crippen LogP contribution is -2.29. The Kier molecular flexibility index (Phi) is 4.45. The van der Waals surface area contributed by atoms with E-state index < -0.39 is 33.6 Å². The second-order valence-electron chi connectivity index (χ2n) is 3.06. The Labute approximate surface area is 103 Å². The SMILES string of the molecule is CCOC(=O)c1ccc(S(=O)(=O)NCC(=O)O)o1. The van der Waals surface area contributed by atoms with Crippen LogP contribution in [0.15, 0.2) is 21.6 Å². The summed E-state index contributed by atoms with van der Waals surface area (Å²) in [4.78, 5) is 21.5. The number of rotatable bonds is 6. The quantitative estimate of drug-likeness (QED) is 0.691. The summed E-state index contributed by atoms with van der Waals surface area (Å²) < 4.78 is 34.2. The second-order valence-corrected chi connectivity index (χ2v) is 4.76. The van der Waals surface area contributed by atoms with E-state index in [-0.39, 0.29) is 12.4 Å². The molecule has 8 nitrogen and oxygen atoms in total. The molecule has 0 saturated heterocycles. The Bertz CT molecular complexity index is 545. The zero-order chi connectivity index (χ0) is 13.8. The van der Waals surface area contributed by atoms with E-state index in [1.165, 1.54) is 0 Å². The molecule has 1 aromatic rings. The first-order valence-corrected chi connectivity index (χ1v) is 6.33. The number of carbonyl (C=O) groups excluding carboxylic acids is 1. The number of sulfonamides is 1. The molecule has 1 aromatic heterocycles. The summed E-state index contributed by atoms with van der Waals surface area (Å²) in [6.45, 7) is 0.934. The molecule has 0 radical (unpaired) electrons. The van der Waals surface area contributed by atoms with E-state index >= 15 is 0 Å². The number of ether oxygens (including phenoxy) is 1. The van der Waals surface area contributed by atoms with Gasteiger partial charge in [0.05, 0.1) is 6.61 Å². The lowest BCUT2D eigenvalue weighted by atomic mass is 10.5. The highest BCUT2D eigenvalue weighted by atomic mass is 32.2. The van der Waals surface area contributed by atoms with Crippen molar-refractivity contribution >= 4 is 22.0 Å². The first-order chi connectivity index (χ1) is 8.36. The minimum Gasteiger partial charge on any atom is -0.480 e. The van der Waals surface area contributed by atoms with E-state index in [0.29, 0.717) is 0 Å². The molecule has 0 spiro atoms. The van der Waals surface area contributed by atoms with Crippen molar-refractivity contribution in [2.24, 2.45) is 0 Å². The fourth-order valence-electron chi connectivity index (χ4n) is 1.00. The van der Waals surface area contributed by atoms with Crippen molar-refractivity contribution in [3.63, 3.8) is 0 Å². The van der Waals surface area contributed by atoms with Gasteiger partial charge in [-0.25, -0.2) is 13.2 Å². The van der Waals surface area contributed by atoms with Crippen molar-refractivity contribution in [2.45, 2.75) is 12.0 Å². The van der Waals surface area contributed by atoms with Gasteiger partial charge in [-0.2, -0.15) is 4.72 Å². The Morgan fingerprint density at radius 2 is 2.11 bits per heavy atom. The van der Waals surface area contributed by atoms with Crippen LogP contribution in [0.3, 0.4) is 0 Å². The third kappa shape index (κ3) is 3.57. The molecule has 0 aliphatic carbocycles. The van der Waals surface area contributed by atoms with Gasteiger partial charge in [0, 0.05) is 0 Å². The van der Waals surface area contributed by atoms with Crippen molar-refractivity contribution in [3.8, 4) is 0 Å². The summed E-state index contributed by atoms with van der Waals surface area (Å²) >= 11 is 0. The number of carboxylic acids is 1. The van der Waals surface area contributed by atoms with Crippen molar-refractivity contribution in [1.82, 2.24) is 4.72 Å². The van der Waals surface area contributed by atoms with Gasteiger partial charge in [-0.1, -0.05) is 0 Å². The van der Waals surface area contributed by atoms with Crippen LogP contribution in [0.2, 0.25) is 0 Å². The maximum Gasteiger partial charge on any atom is 0.374 e. The summed E-state index contributed by atoms with van der Waals surface area (Å²) in [7, 11) is -4.09. The lowest BCUT2D eigenvalue weighted by Gasteiger charge is -2.00. The Morgan fingerprint density at radius 3 is 2.67 bits per heavy atom. The molecule has 0 aliphatic heterocycles. The van der Waals surface area contributed by atoms with Crippen LogP contribution in [0.4, 0.5) is 0 Å². The van der Waals surface area contributed by atoms with Crippen LogP contribution < -0.4 is 4.72 Å². The fraction of sp³-hybridized carbons (Fsp3) is 0.333. The van der Waals surface area contributed by atoms with Crippen LogP contribution in [0, 0.1) is 0 Å². The number of hydrogen-bond donors (Lipinski definition) is 2. The average molecular weight is 277 g/mol. The molecule has 0 fully saturated rings. The van der Waals surface area contributed by atoms with Gasteiger partial charge in [-0.05, 0) is 19.1 Å². The smallest absolute Gasteiger partial charge is 0.374 e. The third-order valence-corrected chi connectivity index (χ3v) is 3.01. The predicted molar refractivity (Wildman–Crippen MR) is 57.5 cm³/mol. The molecule has 0 unspecified atom stereocenters. The van der Waals surface area contributed by atoms with Gasteiger partial charge in [-0.3, -0.25) is 4.79 Å². The Morgan fingerprint density at radius 1 is 1.44 bits per heavy atom. The molecule has 100 valence electrons. The highest BCUT2D eigenvalue weighted by Crippen LogP contribution is 2.14. The number of furan rings is 1. The van der Waals surface area contributed by atoms with Gasteiger partial charge in [0.15, 0.2) is 0 Å². The maximum absolute atomic E-state index is 11.5. The number of aliphatic carboxylic acids is 1. The molecule has 0 bridgehead atoms. The van der Waals surface area contributed by atoms with Crippen LogP contribution in [0.5, 0.6) is 0 Å². The standard InChI is InChI=1S/C9H11NO7S/c1-2-16-9(13)6-3-4-8(17-6)18(14,15)10-5-7(11)12/h3-4,10H,2,5H2,1H3,(H,11,12). The van der Waals surface area contributed by atoms with Crippen LogP contribution in [-0.4, -0.2) is 38.6 Å². The molecule has 0 amide bonds. The first-order valence-electron chi connectivity index (χ1n) is 4.85. The summed E-state index contributed by atoms with van der Waals surface area (Å²) in [6.07, 6.45) is 0. The zero-order valence-corrected chi connectivity index (χ0v) is 10.2. The van der Waals surface area contributed by atoms with Crippen LogP contribution in [0.1, 0.15) is 17.5 Å². The molecular weight excluding hydrogens is 266 g/mol. The van der Waals surface area contributed by atoms with Gasteiger partial charge in [0.25, 0.3) is 10.0 Å². The molecule has 0 atom stereocenters. The molecule has 0 saturated carbocycles. The fourth-order valence-corrected chi connectivity index (χ4v) is 1.91. The van der Waals surface area contributed by atoms with Crippen LogP contribution in [-0.2, 0) is 19.6 Å². The van der Waals surface area contributed by atoms with E-state index in [9.17, 15) is 18.0 Å². The van der Waals surface area contributed by atoms with Gasteiger partial charge >= 0.3 is 11.9 Å². The number of hydrogen-bond acceptors (Lipinski definition) is 6. The zero-order valence-electron chi connectivity index (χ0n) is 9.37. The van der Waals surface area contributed by atoms with E-state index in [1.807, 2.05) is 0 Å². The molecule has 2 N–H and O–H groups in total. The minimum absolute atomic E-state index is 0.124. The largest absolute Gasteiger partial charge is 0.480 e. The second kappa shape index (κ2) is 5.65. The molecule has 0 aliphatic rings. The molecule has 1 heterocycles. The lowest BCUT2D eigenvalue weighted by molar-refractivity contribution is -0.135. The predicted octanol–water partition coefficient (Wildman–Crippen LogP) is -0.181. The summed E-state index contributed by atoms with van der Waals surface area (Å²) in [5, 5.41) is 7.81. The monoisotopic (exact) mass is 277 g/mol. The summed E-state index contributed by atoms with van der Waals surface area (Å²) in [5.41, 5.74) is 0. The minimum atomic E-state index is -4.09. The number of carboxylic acid groups (broad SMARTS) is 1. The van der Waals surface area contributed by atoms with Crippen molar-refractivity contribution in [3.05, 3.63) is 17.9 Å². The molecule has 18 heavy (non-hydrogen) atoms. The van der Waals surface area contributed by atoms with Crippen molar-refractivity contribution in [1.29, 1.82) is 0 Å². The number of carbonyl (C=O) groups is 2. The van der Waals surface area contributed by atoms with Gasteiger partial charge in [-0.15, -0.1) is 0 Å². The molecular formula is C9H11NO7S. The number of esters is 1. The van der Waals surface area contributed by atoms with Crippen molar-refractivity contribution < 1.29 is 32.3 Å². The van der Waals surface area contributed by atoms with Crippen LogP contribution >= 0.6 is 0 Å². The molecule has 0 aromatic carbocycles. The number of nitrogens with one attached hydrogen (secondary N) is 1. The maximum atomic E-state index is 11.5. The van der Waals surface area contributed by atoms with Gasteiger partial charge in [0.2, 0.25) is 10.9 Å². The Hall–Kier alpha value is -1.87. The van der Waals surface area contributed by atoms with E-state index in [2.05, 4.69) is 4.74 Å². The van der Waals surface area contributed by atoms with E-state index in [0.717, 1.165) is 12.1 Å². The topological polar surface area (TPSA) is 123 Å². The van der Waals surface area contributed by atoms with E-state index in [4.69, 9.17) is 9.52 Å². The van der Waals surface area contributed by atoms with Crippen molar-refractivity contribution in [2.75, 3.05) is 13.2 Å². The van der Waals surface area contributed by atoms with Gasteiger partial charge in [0.1, 0.15) is 6.54 Å². The third-order valence-electron chi connectivity index (χ3n) is 1.74. The van der Waals surface area contributed by atoms with E-state index in [1.54, 1.807) is 11.6 Å². The highest BCUT2D eigenvalue weighted by molar-refractivity contribution is 7.89. The normalized spacial score (nSPS) is 11.2. The van der Waals surface area contributed by atoms with Gasteiger partial charge < -0.3 is 14.3 Å². The highest BCUT2D eigenvalue weighted by Gasteiger charge is 2.22. The van der Waals surface area contributed by atoms with Crippen LogP contribution in [0.25, 0.3) is 0 Å². The average Bonchev–Trinajstić information content (AvgIpc) is 2.77. The summed E-state index contributed by atoms with van der Waals surface area (Å²) in [5.74, 6) is -2.40. The Balaban J connectivity index is 2.84.